The van der Waals surface area contributed by atoms with Gasteiger partial charge < -0.3 is 4.74 Å². The van der Waals surface area contributed by atoms with Crippen molar-refractivity contribution in [2.24, 2.45) is 0 Å². The third kappa shape index (κ3) is 1.54. The maximum atomic E-state index is 8.62. The number of nitrogens with zero attached hydrogens (tertiary/aromatic N) is 2. The van der Waals surface area contributed by atoms with E-state index in [1.165, 1.54) is 7.11 Å². The number of methoxy groups -OCH3 is 1. The molecule has 0 atom stereocenters. The predicted molar refractivity (Wildman–Crippen MR) is 44.9 cm³/mol. The maximum absolute atomic E-state index is 8.62. The molecule has 1 aromatic rings. The number of aromatic nitrogens is 1. The Morgan fingerprint density at radius 3 is 2.92 bits per heavy atom. The van der Waals surface area contributed by atoms with E-state index in [1.807, 2.05) is 19.1 Å². The van der Waals surface area contributed by atoms with Crippen molar-refractivity contribution in [2.45, 2.75) is 13.3 Å². The van der Waals surface area contributed by atoms with Gasteiger partial charge in [0.25, 0.3) is 0 Å². The van der Waals surface area contributed by atoms with E-state index < -0.39 is 0 Å². The molecule has 0 saturated heterocycles. The van der Waals surface area contributed by atoms with E-state index in [2.05, 4.69) is 4.98 Å². The summed E-state index contributed by atoms with van der Waals surface area (Å²) in [5, 5.41) is 8.62. The minimum absolute atomic E-state index is 0.342. The van der Waals surface area contributed by atoms with E-state index >= 15 is 0 Å². The van der Waals surface area contributed by atoms with Gasteiger partial charge in [0.2, 0.25) is 0 Å². The van der Waals surface area contributed by atoms with Crippen molar-refractivity contribution >= 4 is 0 Å². The first-order valence-corrected chi connectivity index (χ1v) is 3.74. The number of nitriles is 1. The molecule has 0 fully saturated rings. The highest BCUT2D eigenvalue weighted by atomic mass is 16.5. The van der Waals surface area contributed by atoms with Crippen molar-refractivity contribution in [1.82, 2.24) is 4.98 Å². The lowest BCUT2D eigenvalue weighted by Crippen LogP contribution is -1.93. The van der Waals surface area contributed by atoms with E-state index in [0.29, 0.717) is 11.4 Å². The third-order valence-corrected chi connectivity index (χ3v) is 1.64. The van der Waals surface area contributed by atoms with E-state index in [9.17, 15) is 0 Å². The molecule has 0 amide bonds. The van der Waals surface area contributed by atoms with Gasteiger partial charge in [0.05, 0.1) is 7.11 Å². The second kappa shape index (κ2) is 3.72. The Hall–Kier alpha value is -1.56. The summed E-state index contributed by atoms with van der Waals surface area (Å²) < 4.78 is 4.99. The molecule has 0 radical (unpaired) electrons. The molecule has 1 heterocycles. The van der Waals surface area contributed by atoms with Crippen LogP contribution in [0, 0.1) is 11.3 Å². The Bertz CT molecular complexity index is 315. The van der Waals surface area contributed by atoms with Gasteiger partial charge in [-0.3, -0.25) is 0 Å². The molecule has 62 valence electrons. The molecule has 0 unspecified atom stereocenters. The van der Waals surface area contributed by atoms with Gasteiger partial charge in [0.15, 0.2) is 11.4 Å². The number of aryl methyl sites for hydroxylation is 1. The van der Waals surface area contributed by atoms with Crippen molar-refractivity contribution in [1.29, 1.82) is 5.26 Å². The molecule has 0 aliphatic carbocycles. The van der Waals surface area contributed by atoms with Gasteiger partial charge in [-0.2, -0.15) is 5.26 Å². The van der Waals surface area contributed by atoms with Gasteiger partial charge in [-0.25, -0.2) is 4.98 Å². The van der Waals surface area contributed by atoms with Gasteiger partial charge in [-0.15, -0.1) is 0 Å². The molecule has 0 aliphatic heterocycles. The van der Waals surface area contributed by atoms with Crippen LogP contribution in [0.1, 0.15) is 18.2 Å². The Morgan fingerprint density at radius 1 is 1.67 bits per heavy atom. The van der Waals surface area contributed by atoms with Crippen molar-refractivity contribution in [2.75, 3.05) is 7.11 Å². The minimum Gasteiger partial charge on any atom is -0.494 e. The number of hydrogen-bond acceptors (Lipinski definition) is 3. The highest BCUT2D eigenvalue weighted by Crippen LogP contribution is 2.16. The summed E-state index contributed by atoms with van der Waals surface area (Å²) in [6.07, 6.45) is 2.59. The second-order valence-corrected chi connectivity index (χ2v) is 2.36. The third-order valence-electron chi connectivity index (χ3n) is 1.64. The lowest BCUT2D eigenvalue weighted by molar-refractivity contribution is 0.411. The highest BCUT2D eigenvalue weighted by molar-refractivity contribution is 5.39. The van der Waals surface area contributed by atoms with Crippen LogP contribution in [-0.2, 0) is 6.42 Å². The largest absolute Gasteiger partial charge is 0.494 e. The fourth-order valence-electron chi connectivity index (χ4n) is 0.918. The fraction of sp³-hybridized carbons (Fsp3) is 0.333. The lowest BCUT2D eigenvalue weighted by atomic mass is 10.2. The summed E-state index contributed by atoms with van der Waals surface area (Å²) in [6, 6.07) is 3.80. The fourth-order valence-corrected chi connectivity index (χ4v) is 0.918. The van der Waals surface area contributed by atoms with Crippen LogP contribution in [0.2, 0.25) is 0 Å². The number of ether oxygens (including phenoxy) is 1. The SMILES string of the molecule is CCc1cnc(C#N)c(OC)c1. The number of rotatable bonds is 2. The minimum atomic E-state index is 0.342. The molecule has 0 N–H and O–H groups in total. The van der Waals surface area contributed by atoms with Crippen molar-refractivity contribution < 1.29 is 4.74 Å². The van der Waals surface area contributed by atoms with Gasteiger partial charge in [-0.05, 0) is 18.1 Å². The zero-order valence-corrected chi connectivity index (χ0v) is 7.16. The van der Waals surface area contributed by atoms with Gasteiger partial charge in [0, 0.05) is 6.20 Å². The van der Waals surface area contributed by atoms with Crippen molar-refractivity contribution in [3.05, 3.63) is 23.5 Å². The van der Waals surface area contributed by atoms with Crippen LogP contribution >= 0.6 is 0 Å². The molecule has 0 saturated carbocycles. The average molecular weight is 162 g/mol. The van der Waals surface area contributed by atoms with Crippen LogP contribution in [0.4, 0.5) is 0 Å². The summed E-state index contributed by atoms with van der Waals surface area (Å²) in [6.45, 7) is 2.03. The van der Waals surface area contributed by atoms with E-state index in [-0.39, 0.29) is 0 Å². The molecule has 3 heteroatoms. The van der Waals surface area contributed by atoms with Crippen molar-refractivity contribution in [3.8, 4) is 11.8 Å². The Labute approximate surface area is 71.6 Å². The van der Waals surface area contributed by atoms with Gasteiger partial charge in [0.1, 0.15) is 6.07 Å². The molecule has 0 bridgehead atoms. The Balaban J connectivity index is 3.13. The molecular formula is C9H10N2O. The van der Waals surface area contributed by atoms with Crippen LogP contribution in [0.3, 0.4) is 0 Å². The summed E-state index contributed by atoms with van der Waals surface area (Å²) >= 11 is 0. The standard InChI is InChI=1S/C9H10N2O/c1-3-7-4-9(12-2)8(5-10)11-6-7/h4,6H,3H2,1-2H3. The molecule has 1 rings (SSSR count). The highest BCUT2D eigenvalue weighted by Gasteiger charge is 2.03. The van der Waals surface area contributed by atoms with Crippen molar-refractivity contribution in [3.63, 3.8) is 0 Å². The zero-order chi connectivity index (χ0) is 8.97. The monoisotopic (exact) mass is 162 g/mol. The molecule has 12 heavy (non-hydrogen) atoms. The average Bonchev–Trinajstić information content (AvgIpc) is 2.16. The van der Waals surface area contributed by atoms with Gasteiger partial charge in [-0.1, -0.05) is 6.92 Å². The smallest absolute Gasteiger partial charge is 0.182 e. The van der Waals surface area contributed by atoms with Crippen LogP contribution in [-0.4, -0.2) is 12.1 Å². The first-order valence-electron chi connectivity index (χ1n) is 3.74. The van der Waals surface area contributed by atoms with E-state index in [0.717, 1.165) is 12.0 Å². The van der Waals surface area contributed by atoms with Crippen LogP contribution in [0.15, 0.2) is 12.3 Å². The first kappa shape index (κ1) is 8.54. The molecular weight excluding hydrogens is 152 g/mol. The number of pyridine rings is 1. The quantitative estimate of drug-likeness (QED) is 0.662. The Morgan fingerprint density at radius 2 is 2.42 bits per heavy atom. The molecule has 0 spiro atoms. The topological polar surface area (TPSA) is 45.9 Å². The lowest BCUT2D eigenvalue weighted by Gasteiger charge is -2.02. The molecule has 0 aromatic carbocycles. The van der Waals surface area contributed by atoms with Crippen LogP contribution < -0.4 is 4.74 Å². The summed E-state index contributed by atoms with van der Waals surface area (Å²) in [4.78, 5) is 3.95. The predicted octanol–water partition coefficient (Wildman–Crippen LogP) is 1.52. The molecule has 1 aromatic heterocycles. The zero-order valence-electron chi connectivity index (χ0n) is 7.16. The normalized spacial score (nSPS) is 9.08. The number of hydrogen-bond donors (Lipinski definition) is 0. The Kier molecular flexibility index (Phi) is 2.65. The maximum Gasteiger partial charge on any atom is 0.182 e. The second-order valence-electron chi connectivity index (χ2n) is 2.36. The molecule has 3 nitrogen and oxygen atoms in total. The van der Waals surface area contributed by atoms with E-state index in [1.54, 1.807) is 6.20 Å². The molecule has 0 aliphatic rings. The summed E-state index contributed by atoms with van der Waals surface area (Å²) in [7, 11) is 1.54. The van der Waals surface area contributed by atoms with Gasteiger partial charge >= 0.3 is 0 Å². The van der Waals surface area contributed by atoms with E-state index in [4.69, 9.17) is 10.00 Å². The van der Waals surface area contributed by atoms with Crippen LogP contribution in [0.25, 0.3) is 0 Å². The first-order chi connectivity index (χ1) is 5.81. The summed E-state index contributed by atoms with van der Waals surface area (Å²) in [5.74, 6) is 0.553. The van der Waals surface area contributed by atoms with Crippen LogP contribution in [0.5, 0.6) is 5.75 Å². The summed E-state index contributed by atoms with van der Waals surface area (Å²) in [5.41, 5.74) is 1.42.